The number of anilines is 3. The van der Waals surface area contributed by atoms with Crippen LogP contribution in [0, 0.1) is 5.92 Å². The SMILES string of the molecule is CC(C)n1cnc2cnc(Nc3ccnc(N4C5CCC4C(C(N)=O)C5)n3)cc21. The summed E-state index contributed by atoms with van der Waals surface area (Å²) in [5.41, 5.74) is 7.47. The minimum atomic E-state index is -0.226. The quantitative estimate of drug-likeness (QED) is 0.685. The van der Waals surface area contributed by atoms with Gasteiger partial charge in [-0.15, -0.1) is 0 Å². The molecule has 29 heavy (non-hydrogen) atoms. The smallest absolute Gasteiger partial charge is 0.227 e. The fourth-order valence-electron chi connectivity index (χ4n) is 4.69. The van der Waals surface area contributed by atoms with Crippen LogP contribution in [0.5, 0.6) is 0 Å². The van der Waals surface area contributed by atoms with Gasteiger partial charge in [0, 0.05) is 30.4 Å². The summed E-state index contributed by atoms with van der Waals surface area (Å²) in [6.07, 6.45) is 8.12. The van der Waals surface area contributed by atoms with E-state index in [0.717, 1.165) is 30.3 Å². The molecule has 3 aromatic heterocycles. The molecule has 9 heteroatoms. The highest BCUT2D eigenvalue weighted by Gasteiger charge is 2.49. The van der Waals surface area contributed by atoms with Crippen molar-refractivity contribution in [1.29, 1.82) is 0 Å². The molecule has 9 nitrogen and oxygen atoms in total. The van der Waals surface area contributed by atoms with Crippen molar-refractivity contribution in [2.45, 2.75) is 51.2 Å². The molecule has 5 heterocycles. The van der Waals surface area contributed by atoms with Crippen molar-refractivity contribution in [2.75, 3.05) is 10.2 Å². The van der Waals surface area contributed by atoms with E-state index in [1.54, 1.807) is 12.4 Å². The normalized spacial score (nSPS) is 23.3. The van der Waals surface area contributed by atoms with Gasteiger partial charge in [0.1, 0.15) is 17.2 Å². The van der Waals surface area contributed by atoms with Gasteiger partial charge in [0.05, 0.1) is 24.0 Å². The zero-order chi connectivity index (χ0) is 20.1. The molecule has 2 bridgehead atoms. The monoisotopic (exact) mass is 392 g/mol. The Kier molecular flexibility index (Phi) is 4.11. The van der Waals surface area contributed by atoms with Crippen LogP contribution in [0.2, 0.25) is 0 Å². The largest absolute Gasteiger partial charge is 0.369 e. The van der Waals surface area contributed by atoms with E-state index in [-0.39, 0.29) is 23.9 Å². The van der Waals surface area contributed by atoms with Crippen molar-refractivity contribution < 1.29 is 4.79 Å². The van der Waals surface area contributed by atoms with Gasteiger partial charge >= 0.3 is 0 Å². The number of imidazole rings is 1. The second-order valence-corrected chi connectivity index (χ2v) is 8.12. The van der Waals surface area contributed by atoms with Gasteiger partial charge in [-0.2, -0.15) is 4.98 Å². The maximum Gasteiger partial charge on any atom is 0.227 e. The Labute approximate surface area is 168 Å². The van der Waals surface area contributed by atoms with Gasteiger partial charge < -0.3 is 20.5 Å². The first-order chi connectivity index (χ1) is 14.0. The Balaban J connectivity index is 1.42. The molecule has 3 atom stereocenters. The Morgan fingerprint density at radius 3 is 2.86 bits per heavy atom. The van der Waals surface area contributed by atoms with Crippen LogP contribution in [-0.4, -0.2) is 42.5 Å². The zero-order valence-electron chi connectivity index (χ0n) is 16.5. The molecule has 0 aromatic carbocycles. The molecule has 0 saturated carbocycles. The molecule has 150 valence electrons. The van der Waals surface area contributed by atoms with Gasteiger partial charge in [-0.25, -0.2) is 15.0 Å². The van der Waals surface area contributed by atoms with Crippen LogP contribution in [0.15, 0.2) is 30.9 Å². The van der Waals surface area contributed by atoms with Gasteiger partial charge in [0.25, 0.3) is 0 Å². The second-order valence-electron chi connectivity index (χ2n) is 8.12. The van der Waals surface area contributed by atoms with Crippen molar-refractivity contribution in [3.8, 4) is 0 Å². The maximum absolute atomic E-state index is 11.8. The summed E-state index contributed by atoms with van der Waals surface area (Å²) < 4.78 is 2.11. The summed E-state index contributed by atoms with van der Waals surface area (Å²) in [5.74, 6) is 1.66. The van der Waals surface area contributed by atoms with E-state index in [4.69, 9.17) is 10.7 Å². The fraction of sp³-hybridized carbons (Fsp3) is 0.450. The zero-order valence-corrected chi connectivity index (χ0v) is 16.5. The average molecular weight is 392 g/mol. The molecule has 3 N–H and O–H groups in total. The number of aromatic nitrogens is 5. The van der Waals surface area contributed by atoms with Gasteiger partial charge in [-0.1, -0.05) is 0 Å². The van der Waals surface area contributed by atoms with Crippen molar-refractivity contribution in [3.05, 3.63) is 30.9 Å². The lowest BCUT2D eigenvalue weighted by Gasteiger charge is -2.23. The number of nitrogens with zero attached hydrogens (tertiary/aromatic N) is 6. The number of carbonyl (C=O) groups is 1. The number of hydrogen-bond acceptors (Lipinski definition) is 7. The number of carbonyl (C=O) groups excluding carboxylic acids is 1. The summed E-state index contributed by atoms with van der Waals surface area (Å²) in [6, 6.07) is 4.49. The van der Waals surface area contributed by atoms with Crippen molar-refractivity contribution >= 4 is 34.5 Å². The molecule has 5 rings (SSSR count). The van der Waals surface area contributed by atoms with E-state index < -0.39 is 0 Å². The predicted octanol–water partition coefficient (Wildman–Crippen LogP) is 2.39. The van der Waals surface area contributed by atoms with Crippen LogP contribution in [0.1, 0.15) is 39.2 Å². The number of primary amides is 1. The highest BCUT2D eigenvalue weighted by Crippen LogP contribution is 2.43. The molecule has 2 fully saturated rings. The molecular weight excluding hydrogens is 368 g/mol. The Morgan fingerprint density at radius 1 is 1.24 bits per heavy atom. The minimum absolute atomic E-state index is 0.0996. The summed E-state index contributed by atoms with van der Waals surface area (Å²) in [7, 11) is 0. The van der Waals surface area contributed by atoms with Crippen molar-refractivity contribution in [1.82, 2.24) is 24.5 Å². The Hall–Kier alpha value is -3.23. The highest BCUT2D eigenvalue weighted by molar-refractivity contribution is 5.80. The number of hydrogen-bond donors (Lipinski definition) is 2. The number of nitrogens with two attached hydrogens (primary N) is 1. The van der Waals surface area contributed by atoms with E-state index in [2.05, 4.69) is 43.6 Å². The Morgan fingerprint density at radius 2 is 2.10 bits per heavy atom. The first-order valence-corrected chi connectivity index (χ1v) is 10.0. The lowest BCUT2D eigenvalue weighted by atomic mass is 9.89. The van der Waals surface area contributed by atoms with Crippen LogP contribution in [-0.2, 0) is 4.79 Å². The Bertz CT molecular complexity index is 1080. The van der Waals surface area contributed by atoms with Gasteiger partial charge in [-0.3, -0.25) is 4.79 Å². The molecule has 0 radical (unpaired) electrons. The summed E-state index contributed by atoms with van der Waals surface area (Å²) in [4.78, 5) is 32.0. The summed E-state index contributed by atoms with van der Waals surface area (Å²) >= 11 is 0. The first-order valence-electron chi connectivity index (χ1n) is 10.0. The molecule has 0 spiro atoms. The lowest BCUT2D eigenvalue weighted by Crippen LogP contribution is -2.36. The van der Waals surface area contributed by atoms with E-state index in [9.17, 15) is 4.79 Å². The van der Waals surface area contributed by atoms with Gasteiger partial charge in [0.15, 0.2) is 0 Å². The number of amides is 1. The second kappa shape index (κ2) is 6.68. The van der Waals surface area contributed by atoms with Gasteiger partial charge in [0.2, 0.25) is 11.9 Å². The third-order valence-electron chi connectivity index (χ3n) is 6.05. The van der Waals surface area contributed by atoms with Crippen LogP contribution in [0.3, 0.4) is 0 Å². The fourth-order valence-corrected chi connectivity index (χ4v) is 4.69. The van der Waals surface area contributed by atoms with Crippen LogP contribution >= 0.6 is 0 Å². The number of nitrogens with one attached hydrogen (secondary N) is 1. The van der Waals surface area contributed by atoms with E-state index in [1.807, 2.05) is 18.5 Å². The molecule has 3 unspecified atom stereocenters. The minimum Gasteiger partial charge on any atom is -0.369 e. The van der Waals surface area contributed by atoms with Gasteiger partial charge in [-0.05, 0) is 39.2 Å². The lowest BCUT2D eigenvalue weighted by molar-refractivity contribution is -0.122. The first kappa shape index (κ1) is 17.8. The third kappa shape index (κ3) is 2.97. The topological polar surface area (TPSA) is 115 Å². The molecule has 1 amide bonds. The molecule has 2 saturated heterocycles. The number of rotatable bonds is 5. The maximum atomic E-state index is 11.8. The average Bonchev–Trinajstić information content (AvgIpc) is 3.40. The predicted molar refractivity (Wildman–Crippen MR) is 110 cm³/mol. The van der Waals surface area contributed by atoms with Crippen LogP contribution < -0.4 is 16.0 Å². The molecule has 2 aliphatic heterocycles. The molecule has 2 aliphatic rings. The standard InChI is InChI=1S/C20H24N8O/c1-11(2)27-10-24-14-9-23-18(8-16(14)27)25-17-5-6-22-20(26-17)28-12-3-4-15(28)13(7-12)19(21)29/h5-6,8-13,15H,3-4,7H2,1-2H3,(H2,21,29)(H,22,23,25,26). The molecule has 3 aromatic rings. The van der Waals surface area contributed by atoms with Crippen molar-refractivity contribution in [3.63, 3.8) is 0 Å². The van der Waals surface area contributed by atoms with E-state index in [1.165, 1.54) is 0 Å². The number of fused-ring (bicyclic) bond motifs is 3. The summed E-state index contributed by atoms with van der Waals surface area (Å²) in [6.45, 7) is 4.24. The van der Waals surface area contributed by atoms with Crippen LogP contribution in [0.25, 0.3) is 11.0 Å². The molecular formula is C20H24N8O. The van der Waals surface area contributed by atoms with E-state index in [0.29, 0.717) is 23.6 Å². The summed E-state index contributed by atoms with van der Waals surface area (Å²) in [5, 5.41) is 3.28. The number of pyridine rings is 1. The third-order valence-corrected chi connectivity index (χ3v) is 6.05. The van der Waals surface area contributed by atoms with E-state index >= 15 is 0 Å². The van der Waals surface area contributed by atoms with Crippen molar-refractivity contribution in [2.24, 2.45) is 11.7 Å². The highest BCUT2D eigenvalue weighted by atomic mass is 16.1. The van der Waals surface area contributed by atoms with Crippen LogP contribution in [0.4, 0.5) is 17.6 Å². The molecule has 0 aliphatic carbocycles.